The van der Waals surface area contributed by atoms with E-state index < -0.39 is 0 Å². The van der Waals surface area contributed by atoms with Gasteiger partial charge in [-0.1, -0.05) is 0 Å². The van der Waals surface area contributed by atoms with E-state index in [1.165, 1.54) is 14.0 Å². The molecule has 2 aromatic heterocycles. The molecule has 0 aliphatic heterocycles. The smallest absolute Gasteiger partial charge is 0.172 e. The van der Waals surface area contributed by atoms with E-state index >= 15 is 0 Å². The second kappa shape index (κ2) is 8.32. The van der Waals surface area contributed by atoms with E-state index in [4.69, 9.17) is 21.7 Å². The molecular weight excluding hydrogens is 438 g/mol. The van der Waals surface area contributed by atoms with Crippen LogP contribution in [-0.4, -0.2) is 38.8 Å². The lowest BCUT2D eigenvalue weighted by molar-refractivity contribution is 0.101. The van der Waals surface area contributed by atoms with E-state index in [1.54, 1.807) is 29.1 Å². The Bertz CT molecular complexity index is 1410. The van der Waals surface area contributed by atoms with Crippen LogP contribution in [0.1, 0.15) is 30.1 Å². The minimum Gasteiger partial charge on any atom is -0.496 e. The van der Waals surface area contributed by atoms with Gasteiger partial charge in [-0.2, -0.15) is 5.10 Å². The number of ketones is 1. The van der Waals surface area contributed by atoms with Gasteiger partial charge in [-0.25, -0.2) is 0 Å². The number of fused-ring (bicyclic) bond motifs is 2. The van der Waals surface area contributed by atoms with Crippen molar-refractivity contribution >= 4 is 50.7 Å². The van der Waals surface area contributed by atoms with Crippen LogP contribution in [0.3, 0.4) is 0 Å². The zero-order valence-corrected chi connectivity index (χ0v) is 19.3. The van der Waals surface area contributed by atoms with Crippen molar-refractivity contribution in [3.05, 3.63) is 48.2 Å². The molecule has 1 fully saturated rings. The fraction of sp³-hybridized carbons (Fsp3) is 0.250. The summed E-state index contributed by atoms with van der Waals surface area (Å²) in [6.07, 6.45) is 3.97. The quantitative estimate of drug-likeness (QED) is 0.319. The summed E-state index contributed by atoms with van der Waals surface area (Å²) in [5.41, 5.74) is 2.06. The van der Waals surface area contributed by atoms with Crippen LogP contribution in [-0.2, 0) is 7.05 Å². The summed E-state index contributed by atoms with van der Waals surface area (Å²) in [4.78, 5) is 16.5. The van der Waals surface area contributed by atoms with Gasteiger partial charge in [0.1, 0.15) is 17.2 Å². The number of aryl methyl sites for hydroxylation is 1. The van der Waals surface area contributed by atoms with Crippen molar-refractivity contribution in [1.82, 2.24) is 20.1 Å². The Labute approximate surface area is 195 Å². The van der Waals surface area contributed by atoms with E-state index in [9.17, 15) is 4.79 Å². The van der Waals surface area contributed by atoms with Crippen LogP contribution >= 0.6 is 12.2 Å². The number of methoxy groups -OCH3 is 1. The Morgan fingerprint density at radius 1 is 1.15 bits per heavy atom. The highest BCUT2D eigenvalue weighted by Crippen LogP contribution is 2.35. The summed E-state index contributed by atoms with van der Waals surface area (Å²) in [5.74, 6) is 2.34. The predicted octanol–water partition coefficient (Wildman–Crippen LogP) is 4.57. The van der Waals surface area contributed by atoms with Crippen molar-refractivity contribution < 1.29 is 14.3 Å². The third-order valence-electron chi connectivity index (χ3n) is 5.60. The number of rotatable bonds is 6. The second-order valence-corrected chi connectivity index (χ2v) is 8.47. The highest BCUT2D eigenvalue weighted by molar-refractivity contribution is 7.80. The molecule has 5 rings (SSSR count). The summed E-state index contributed by atoms with van der Waals surface area (Å²) in [6.45, 7) is 1.51. The number of hydrogen-bond donors (Lipinski definition) is 2. The normalized spacial score (nSPS) is 13.2. The summed E-state index contributed by atoms with van der Waals surface area (Å²) in [5, 5.41) is 13.3. The third-order valence-corrected chi connectivity index (χ3v) is 5.82. The number of nitrogens with one attached hydrogen (secondary N) is 2. The molecule has 0 bridgehead atoms. The number of benzene rings is 2. The van der Waals surface area contributed by atoms with Gasteiger partial charge in [0, 0.05) is 42.2 Å². The Morgan fingerprint density at radius 3 is 2.70 bits per heavy atom. The Morgan fingerprint density at radius 2 is 1.97 bits per heavy atom. The van der Waals surface area contributed by atoms with Crippen molar-refractivity contribution in [2.45, 2.75) is 25.8 Å². The molecule has 0 spiro atoms. The number of aromatic nitrogens is 3. The number of ether oxygens (including phenoxy) is 2. The molecule has 1 saturated carbocycles. The van der Waals surface area contributed by atoms with E-state index in [-0.39, 0.29) is 5.78 Å². The van der Waals surface area contributed by atoms with Crippen molar-refractivity contribution in [2.75, 3.05) is 12.4 Å². The average molecular weight is 462 g/mol. The molecule has 8 nitrogen and oxygen atoms in total. The first kappa shape index (κ1) is 21.1. The van der Waals surface area contributed by atoms with Crippen molar-refractivity contribution in [1.29, 1.82) is 0 Å². The van der Waals surface area contributed by atoms with Gasteiger partial charge in [0.15, 0.2) is 16.7 Å². The Balaban J connectivity index is 1.47. The largest absolute Gasteiger partial charge is 0.496 e. The minimum atomic E-state index is -0.0889. The highest BCUT2D eigenvalue weighted by atomic mass is 32.1. The number of anilines is 1. The summed E-state index contributed by atoms with van der Waals surface area (Å²) < 4.78 is 13.4. The SMILES string of the molecule is COc1cc2nccc(Oc3ccc4c(NC(=S)NC5CC5)nn(C)c4c3)c2cc1C(C)=O. The van der Waals surface area contributed by atoms with Crippen LogP contribution in [0.25, 0.3) is 21.8 Å². The molecule has 0 unspecified atom stereocenters. The van der Waals surface area contributed by atoms with Crippen LogP contribution in [0.5, 0.6) is 17.2 Å². The zero-order valence-electron chi connectivity index (χ0n) is 18.5. The molecule has 33 heavy (non-hydrogen) atoms. The number of nitrogens with zero attached hydrogens (tertiary/aromatic N) is 3. The van der Waals surface area contributed by atoms with Crippen molar-refractivity contribution in [3.8, 4) is 17.2 Å². The molecule has 2 heterocycles. The fourth-order valence-corrected chi connectivity index (χ4v) is 4.02. The van der Waals surface area contributed by atoms with E-state index in [2.05, 4.69) is 20.7 Å². The molecule has 0 amide bonds. The first-order valence-corrected chi connectivity index (χ1v) is 11.0. The molecule has 1 aliphatic carbocycles. The topological polar surface area (TPSA) is 90.3 Å². The number of carbonyl (C=O) groups excluding carboxylic acids is 1. The number of Topliss-reactive ketones (excluding diaryl/α,β-unsaturated/α-hetero) is 1. The van der Waals surface area contributed by atoms with Crippen LogP contribution in [0.4, 0.5) is 5.82 Å². The van der Waals surface area contributed by atoms with Gasteiger partial charge >= 0.3 is 0 Å². The van der Waals surface area contributed by atoms with Crippen molar-refractivity contribution in [2.24, 2.45) is 7.05 Å². The van der Waals surface area contributed by atoms with Crippen LogP contribution < -0.4 is 20.1 Å². The highest BCUT2D eigenvalue weighted by Gasteiger charge is 2.22. The lowest BCUT2D eigenvalue weighted by atomic mass is 10.1. The molecule has 9 heteroatoms. The lowest BCUT2D eigenvalue weighted by Gasteiger charge is -2.12. The molecule has 0 saturated heterocycles. The van der Waals surface area contributed by atoms with Gasteiger partial charge < -0.3 is 20.1 Å². The minimum absolute atomic E-state index is 0.0889. The van der Waals surface area contributed by atoms with Gasteiger partial charge in [-0.05, 0) is 56.2 Å². The summed E-state index contributed by atoms with van der Waals surface area (Å²) in [7, 11) is 3.41. The maximum atomic E-state index is 12.1. The number of thiocarbonyl (C=S) groups is 1. The molecule has 1 aliphatic rings. The molecule has 2 N–H and O–H groups in total. The lowest BCUT2D eigenvalue weighted by Crippen LogP contribution is -2.30. The van der Waals surface area contributed by atoms with Crippen molar-refractivity contribution in [3.63, 3.8) is 0 Å². The predicted molar refractivity (Wildman–Crippen MR) is 131 cm³/mol. The zero-order chi connectivity index (χ0) is 23.1. The number of carbonyl (C=O) groups is 1. The summed E-state index contributed by atoms with van der Waals surface area (Å²) >= 11 is 5.39. The molecule has 168 valence electrons. The van der Waals surface area contributed by atoms with Crippen LogP contribution in [0.15, 0.2) is 42.6 Å². The van der Waals surface area contributed by atoms with Gasteiger partial charge in [0.2, 0.25) is 0 Å². The standard InChI is InChI=1S/C24H23N5O3S/c1-13(30)17-11-18-19(12-22(17)31-3)25-9-8-21(18)32-15-6-7-16-20(10-15)29(2)28-23(16)27-24(33)26-14-4-5-14/h6-12,14H,4-5H2,1-3H3,(H2,26,27,28,33). The molecule has 4 aromatic rings. The first-order chi connectivity index (χ1) is 15.9. The van der Waals surface area contributed by atoms with Gasteiger partial charge in [-0.3, -0.25) is 14.5 Å². The van der Waals surface area contributed by atoms with Crippen LogP contribution in [0, 0.1) is 0 Å². The van der Waals surface area contributed by atoms with E-state index in [0.717, 1.165) is 29.1 Å². The van der Waals surface area contributed by atoms with Gasteiger partial charge in [0.05, 0.1) is 23.7 Å². The number of pyridine rings is 1. The molecular formula is C24H23N5O3S. The second-order valence-electron chi connectivity index (χ2n) is 8.06. The van der Waals surface area contributed by atoms with Gasteiger partial charge in [-0.15, -0.1) is 0 Å². The van der Waals surface area contributed by atoms with E-state index in [1.807, 2.05) is 25.2 Å². The van der Waals surface area contributed by atoms with Crippen LogP contribution in [0.2, 0.25) is 0 Å². The molecule has 0 atom stereocenters. The fourth-order valence-electron chi connectivity index (χ4n) is 3.76. The third kappa shape index (κ3) is 4.19. The Kier molecular flexibility index (Phi) is 5.33. The molecule has 0 radical (unpaired) electrons. The Hall–Kier alpha value is -3.72. The summed E-state index contributed by atoms with van der Waals surface area (Å²) in [6, 6.07) is 11.5. The van der Waals surface area contributed by atoms with Gasteiger partial charge in [0.25, 0.3) is 0 Å². The molecule has 2 aromatic carbocycles. The van der Waals surface area contributed by atoms with E-state index in [0.29, 0.717) is 45.3 Å². The monoisotopic (exact) mass is 461 g/mol. The maximum absolute atomic E-state index is 12.1. The first-order valence-electron chi connectivity index (χ1n) is 10.6. The number of hydrogen-bond acceptors (Lipinski definition) is 6. The maximum Gasteiger partial charge on any atom is 0.172 e. The average Bonchev–Trinajstić information content (AvgIpc) is 3.56.